The van der Waals surface area contributed by atoms with Gasteiger partial charge in [0.2, 0.25) is 0 Å². The second kappa shape index (κ2) is 11.0. The van der Waals surface area contributed by atoms with Crippen LogP contribution in [-0.4, -0.2) is 12.6 Å². The van der Waals surface area contributed by atoms with Crippen LogP contribution in [0.2, 0.25) is 0 Å². The molecule has 0 amide bonds. The lowest BCUT2D eigenvalue weighted by Crippen LogP contribution is -2.10. The molecule has 1 fully saturated rings. The summed E-state index contributed by atoms with van der Waals surface area (Å²) in [6, 6.07) is 11.8. The Morgan fingerprint density at radius 3 is 2.55 bits per heavy atom. The molecule has 0 atom stereocenters. The van der Waals surface area contributed by atoms with Gasteiger partial charge in [0, 0.05) is 0 Å². The van der Waals surface area contributed by atoms with Gasteiger partial charge in [-0.05, 0) is 80.3 Å². The maximum absolute atomic E-state index is 14.1. The lowest BCUT2D eigenvalue weighted by molar-refractivity contribution is 0.0734. The first-order chi connectivity index (χ1) is 14.2. The van der Waals surface area contributed by atoms with Gasteiger partial charge in [0.05, 0.1) is 12.2 Å². The Bertz CT molecular complexity index is 779. The Kier molecular flexibility index (Phi) is 8.09. The molecule has 0 aliphatic heterocycles. The zero-order chi connectivity index (χ0) is 20.5. The summed E-state index contributed by atoms with van der Waals surface area (Å²) in [6.07, 6.45) is 11.6. The fourth-order valence-electron chi connectivity index (χ4n) is 3.62. The standard InChI is InChI=1S/C25H30FO3/c1-2-3-17-28-24-16-13-21(18-23(24)26)25(27)29-22-14-11-20(12-15-22)10-9-19-7-5-4-6-8-19/h4,11-16,18-19H,2-3,5-10,17H2,1H3. The van der Waals surface area contributed by atoms with E-state index in [0.29, 0.717) is 12.4 Å². The van der Waals surface area contributed by atoms with Crippen molar-refractivity contribution < 1.29 is 18.7 Å². The molecule has 3 nitrogen and oxygen atoms in total. The summed E-state index contributed by atoms with van der Waals surface area (Å²) in [5, 5.41) is 0. The van der Waals surface area contributed by atoms with Crippen molar-refractivity contribution in [3.05, 3.63) is 65.8 Å². The molecule has 4 heteroatoms. The fraction of sp³-hybridized carbons (Fsp3) is 0.440. The van der Waals surface area contributed by atoms with E-state index in [1.807, 2.05) is 19.1 Å². The molecule has 0 unspecified atom stereocenters. The van der Waals surface area contributed by atoms with E-state index in [2.05, 4.69) is 6.42 Å². The topological polar surface area (TPSA) is 35.5 Å². The third-order valence-electron chi connectivity index (χ3n) is 5.46. The van der Waals surface area contributed by atoms with Gasteiger partial charge in [-0.2, -0.15) is 0 Å². The van der Waals surface area contributed by atoms with Gasteiger partial charge >= 0.3 is 5.97 Å². The van der Waals surface area contributed by atoms with Crippen LogP contribution >= 0.6 is 0 Å². The normalized spacial score (nSPS) is 14.6. The van der Waals surface area contributed by atoms with Crippen LogP contribution in [0.15, 0.2) is 42.5 Å². The van der Waals surface area contributed by atoms with Crippen molar-refractivity contribution in [2.24, 2.45) is 5.92 Å². The average Bonchev–Trinajstić information content (AvgIpc) is 2.75. The molecule has 1 saturated carbocycles. The first kappa shape index (κ1) is 21.4. The highest BCUT2D eigenvalue weighted by molar-refractivity contribution is 5.91. The van der Waals surface area contributed by atoms with Gasteiger partial charge in [0.25, 0.3) is 0 Å². The second-order valence-electron chi connectivity index (χ2n) is 7.73. The van der Waals surface area contributed by atoms with Crippen LogP contribution in [0.4, 0.5) is 4.39 Å². The highest BCUT2D eigenvalue weighted by atomic mass is 19.1. The van der Waals surface area contributed by atoms with Crippen LogP contribution in [0.5, 0.6) is 11.5 Å². The lowest BCUT2D eigenvalue weighted by Gasteiger charge is -2.21. The van der Waals surface area contributed by atoms with E-state index >= 15 is 0 Å². The molecule has 0 bridgehead atoms. The minimum absolute atomic E-state index is 0.162. The first-order valence-corrected chi connectivity index (χ1v) is 10.7. The molecule has 0 saturated heterocycles. The summed E-state index contributed by atoms with van der Waals surface area (Å²) in [6.45, 7) is 2.50. The number of carbonyl (C=O) groups is 1. The molecule has 29 heavy (non-hydrogen) atoms. The van der Waals surface area contributed by atoms with Crippen molar-refractivity contribution in [2.75, 3.05) is 6.61 Å². The maximum atomic E-state index is 14.1. The average molecular weight is 398 g/mol. The minimum Gasteiger partial charge on any atom is -0.491 e. The summed E-state index contributed by atoms with van der Waals surface area (Å²) >= 11 is 0. The van der Waals surface area contributed by atoms with Crippen LogP contribution in [0.3, 0.4) is 0 Å². The SMILES string of the molecule is CCCCOc1ccc(C(=O)Oc2ccc(CCC3CC[CH]CC3)cc2)cc1F. The Balaban J connectivity index is 1.51. The number of hydrogen-bond donors (Lipinski definition) is 0. The van der Waals surface area contributed by atoms with Crippen LogP contribution in [0.25, 0.3) is 0 Å². The molecule has 1 aliphatic carbocycles. The molecule has 0 aromatic heterocycles. The summed E-state index contributed by atoms with van der Waals surface area (Å²) < 4.78 is 24.9. The van der Waals surface area contributed by atoms with Gasteiger partial charge in [-0.15, -0.1) is 0 Å². The van der Waals surface area contributed by atoms with Crippen molar-refractivity contribution in [2.45, 2.75) is 58.3 Å². The number of esters is 1. The van der Waals surface area contributed by atoms with Crippen molar-refractivity contribution >= 4 is 5.97 Å². The third-order valence-corrected chi connectivity index (χ3v) is 5.46. The van der Waals surface area contributed by atoms with Crippen molar-refractivity contribution in [1.29, 1.82) is 0 Å². The molecule has 3 rings (SSSR count). The monoisotopic (exact) mass is 397 g/mol. The van der Waals surface area contributed by atoms with Crippen molar-refractivity contribution in [1.82, 2.24) is 0 Å². The van der Waals surface area contributed by atoms with E-state index < -0.39 is 11.8 Å². The molecule has 1 radical (unpaired) electrons. The highest BCUT2D eigenvalue weighted by Gasteiger charge is 2.14. The van der Waals surface area contributed by atoms with E-state index in [9.17, 15) is 9.18 Å². The molecule has 0 N–H and O–H groups in total. The predicted octanol–water partition coefficient (Wildman–Crippen LogP) is 6.55. The van der Waals surface area contributed by atoms with E-state index in [4.69, 9.17) is 9.47 Å². The summed E-state index contributed by atoms with van der Waals surface area (Å²) in [5.41, 5.74) is 1.42. The number of ether oxygens (including phenoxy) is 2. The van der Waals surface area contributed by atoms with Gasteiger partial charge in [-0.3, -0.25) is 0 Å². The van der Waals surface area contributed by atoms with E-state index in [1.165, 1.54) is 55.9 Å². The predicted molar refractivity (Wildman–Crippen MR) is 113 cm³/mol. The fourth-order valence-corrected chi connectivity index (χ4v) is 3.62. The van der Waals surface area contributed by atoms with Crippen molar-refractivity contribution in [3.8, 4) is 11.5 Å². The minimum atomic E-state index is -0.574. The van der Waals surface area contributed by atoms with Gasteiger partial charge in [-0.1, -0.05) is 38.3 Å². The number of aryl methyl sites for hydroxylation is 1. The first-order valence-electron chi connectivity index (χ1n) is 10.7. The van der Waals surface area contributed by atoms with Gasteiger partial charge in [-0.25, -0.2) is 9.18 Å². The van der Waals surface area contributed by atoms with E-state index in [-0.39, 0.29) is 11.3 Å². The second-order valence-corrected chi connectivity index (χ2v) is 7.73. The Morgan fingerprint density at radius 1 is 1.10 bits per heavy atom. The van der Waals surface area contributed by atoms with Gasteiger partial charge in [0.15, 0.2) is 11.6 Å². The molecular formula is C25H30FO3. The number of benzene rings is 2. The molecule has 2 aromatic carbocycles. The maximum Gasteiger partial charge on any atom is 0.343 e. The number of rotatable bonds is 9. The molecule has 2 aromatic rings. The molecule has 1 aliphatic rings. The van der Waals surface area contributed by atoms with Crippen LogP contribution in [-0.2, 0) is 6.42 Å². The van der Waals surface area contributed by atoms with E-state index in [1.54, 1.807) is 12.1 Å². The number of hydrogen-bond acceptors (Lipinski definition) is 3. The highest BCUT2D eigenvalue weighted by Crippen LogP contribution is 2.27. The zero-order valence-corrected chi connectivity index (χ0v) is 17.2. The number of carbonyl (C=O) groups excluding carboxylic acids is 1. The molecule has 0 heterocycles. The van der Waals surface area contributed by atoms with E-state index in [0.717, 1.165) is 25.2 Å². The number of unbranched alkanes of at least 4 members (excludes halogenated alkanes) is 1. The Morgan fingerprint density at radius 2 is 1.86 bits per heavy atom. The lowest BCUT2D eigenvalue weighted by atomic mass is 9.85. The Labute approximate surface area is 173 Å². The summed E-state index contributed by atoms with van der Waals surface area (Å²) in [4.78, 5) is 12.3. The van der Waals surface area contributed by atoms with Crippen LogP contribution in [0, 0.1) is 18.2 Å². The number of halogens is 1. The van der Waals surface area contributed by atoms with Crippen LogP contribution < -0.4 is 9.47 Å². The van der Waals surface area contributed by atoms with Gasteiger partial charge in [0.1, 0.15) is 5.75 Å². The Hall–Kier alpha value is -2.36. The largest absolute Gasteiger partial charge is 0.491 e. The molecule has 0 spiro atoms. The van der Waals surface area contributed by atoms with Gasteiger partial charge < -0.3 is 9.47 Å². The third kappa shape index (κ3) is 6.59. The van der Waals surface area contributed by atoms with Crippen LogP contribution in [0.1, 0.15) is 67.8 Å². The summed E-state index contributed by atoms with van der Waals surface area (Å²) in [7, 11) is 0. The summed E-state index contributed by atoms with van der Waals surface area (Å²) in [5.74, 6) is 0.327. The smallest absolute Gasteiger partial charge is 0.343 e. The quantitative estimate of drug-likeness (QED) is 0.273. The molecule has 155 valence electrons. The van der Waals surface area contributed by atoms with Crippen molar-refractivity contribution in [3.63, 3.8) is 0 Å². The zero-order valence-electron chi connectivity index (χ0n) is 17.2. The molecular weight excluding hydrogens is 367 g/mol.